The van der Waals surface area contributed by atoms with E-state index in [0.717, 1.165) is 5.56 Å². The lowest BCUT2D eigenvalue weighted by Crippen LogP contribution is -2.17. The zero-order valence-corrected chi connectivity index (χ0v) is 9.63. The SMILES string of the molecule is CC(C)(C)c1cc(Cl)ccc1C(=O)OO. The number of rotatable bonds is 1. The predicted octanol–water partition coefficient (Wildman–Crippen LogP) is 3.27. The molecule has 4 heteroatoms. The van der Waals surface area contributed by atoms with Crippen LogP contribution in [0.2, 0.25) is 5.02 Å². The van der Waals surface area contributed by atoms with Crippen molar-refractivity contribution < 1.29 is 14.9 Å². The van der Waals surface area contributed by atoms with Crippen LogP contribution in [0, 0.1) is 0 Å². The van der Waals surface area contributed by atoms with E-state index < -0.39 is 5.97 Å². The fourth-order valence-electron chi connectivity index (χ4n) is 1.36. The zero-order chi connectivity index (χ0) is 11.6. The lowest BCUT2D eigenvalue weighted by atomic mass is 9.84. The van der Waals surface area contributed by atoms with E-state index in [1.807, 2.05) is 20.8 Å². The molecule has 0 heterocycles. The van der Waals surface area contributed by atoms with Crippen molar-refractivity contribution in [3.8, 4) is 0 Å². The molecule has 0 radical (unpaired) electrons. The summed E-state index contributed by atoms with van der Waals surface area (Å²) in [6, 6.07) is 4.83. The first-order valence-corrected chi connectivity index (χ1v) is 4.90. The first-order valence-electron chi connectivity index (χ1n) is 4.52. The summed E-state index contributed by atoms with van der Waals surface area (Å²) >= 11 is 5.86. The lowest BCUT2D eigenvalue weighted by Gasteiger charge is -2.21. The van der Waals surface area contributed by atoms with Gasteiger partial charge in [0.1, 0.15) is 0 Å². The van der Waals surface area contributed by atoms with E-state index in [4.69, 9.17) is 16.9 Å². The number of carbonyl (C=O) groups is 1. The van der Waals surface area contributed by atoms with Gasteiger partial charge in [-0.2, -0.15) is 5.26 Å². The van der Waals surface area contributed by atoms with Gasteiger partial charge in [0, 0.05) is 5.02 Å². The van der Waals surface area contributed by atoms with E-state index in [1.54, 1.807) is 18.2 Å². The van der Waals surface area contributed by atoms with Gasteiger partial charge in [0.2, 0.25) is 0 Å². The van der Waals surface area contributed by atoms with Crippen molar-refractivity contribution in [3.05, 3.63) is 34.3 Å². The average Bonchev–Trinajstić information content (AvgIpc) is 2.15. The standard InChI is InChI=1S/C11H13ClO3/c1-11(2,3)9-6-7(12)4-5-8(9)10(13)15-14/h4-6,14H,1-3H3. The second-order valence-corrected chi connectivity index (χ2v) is 4.76. The first-order chi connectivity index (χ1) is 6.86. The number of benzene rings is 1. The molecule has 0 spiro atoms. The molecule has 3 nitrogen and oxygen atoms in total. The van der Waals surface area contributed by atoms with E-state index in [9.17, 15) is 4.79 Å². The third-order valence-corrected chi connectivity index (χ3v) is 2.33. The fourth-order valence-corrected chi connectivity index (χ4v) is 1.54. The van der Waals surface area contributed by atoms with Crippen LogP contribution in [-0.2, 0) is 10.3 Å². The molecule has 82 valence electrons. The Bertz CT molecular complexity index is 380. The normalized spacial score (nSPS) is 11.3. The third-order valence-electron chi connectivity index (χ3n) is 2.09. The van der Waals surface area contributed by atoms with Gasteiger partial charge in [0.05, 0.1) is 5.56 Å². The third kappa shape index (κ3) is 2.70. The van der Waals surface area contributed by atoms with E-state index in [2.05, 4.69) is 4.89 Å². The lowest BCUT2D eigenvalue weighted by molar-refractivity contribution is -0.182. The molecule has 15 heavy (non-hydrogen) atoms. The Morgan fingerprint density at radius 1 is 1.40 bits per heavy atom. The summed E-state index contributed by atoms with van der Waals surface area (Å²) in [6.07, 6.45) is 0. The number of hydrogen-bond donors (Lipinski definition) is 1. The second kappa shape index (κ2) is 4.21. The van der Waals surface area contributed by atoms with Crippen LogP contribution >= 0.6 is 11.6 Å². The molecule has 0 aliphatic heterocycles. The van der Waals surface area contributed by atoms with Gasteiger partial charge in [-0.15, -0.1) is 0 Å². The minimum atomic E-state index is -0.767. The summed E-state index contributed by atoms with van der Waals surface area (Å²) in [5.74, 6) is -0.767. The Hall–Kier alpha value is -1.06. The van der Waals surface area contributed by atoms with Gasteiger partial charge in [-0.3, -0.25) is 4.89 Å². The molecule has 1 aromatic rings. The molecular formula is C11H13ClO3. The zero-order valence-electron chi connectivity index (χ0n) is 8.87. The van der Waals surface area contributed by atoms with Gasteiger partial charge in [-0.25, -0.2) is 4.79 Å². The van der Waals surface area contributed by atoms with Crippen LogP contribution in [0.5, 0.6) is 0 Å². The molecule has 1 rings (SSSR count). The van der Waals surface area contributed by atoms with Crippen molar-refractivity contribution in [2.75, 3.05) is 0 Å². The van der Waals surface area contributed by atoms with Gasteiger partial charge >= 0.3 is 5.97 Å². The Morgan fingerprint density at radius 3 is 2.47 bits per heavy atom. The summed E-state index contributed by atoms with van der Waals surface area (Å²) < 4.78 is 0. The molecule has 1 N–H and O–H groups in total. The van der Waals surface area contributed by atoms with Crippen LogP contribution in [0.4, 0.5) is 0 Å². The molecule has 0 fully saturated rings. The number of carbonyl (C=O) groups excluding carboxylic acids is 1. The van der Waals surface area contributed by atoms with Gasteiger partial charge in [0.25, 0.3) is 0 Å². The van der Waals surface area contributed by atoms with Crippen LogP contribution in [0.25, 0.3) is 0 Å². The highest BCUT2D eigenvalue weighted by Gasteiger charge is 2.22. The molecule has 0 saturated heterocycles. The highest BCUT2D eigenvalue weighted by atomic mass is 35.5. The van der Waals surface area contributed by atoms with Crippen molar-refractivity contribution in [2.24, 2.45) is 0 Å². The van der Waals surface area contributed by atoms with Crippen molar-refractivity contribution in [2.45, 2.75) is 26.2 Å². The molecule has 0 unspecified atom stereocenters. The summed E-state index contributed by atoms with van der Waals surface area (Å²) in [5.41, 5.74) is 0.831. The maximum Gasteiger partial charge on any atom is 0.373 e. The monoisotopic (exact) mass is 228 g/mol. The molecule has 1 aromatic carbocycles. The Kier molecular flexibility index (Phi) is 3.37. The fraction of sp³-hybridized carbons (Fsp3) is 0.364. The summed E-state index contributed by atoms with van der Waals surface area (Å²) in [4.78, 5) is 15.0. The van der Waals surface area contributed by atoms with Gasteiger partial charge in [0.15, 0.2) is 0 Å². The van der Waals surface area contributed by atoms with Crippen molar-refractivity contribution in [3.63, 3.8) is 0 Å². The van der Waals surface area contributed by atoms with E-state index in [-0.39, 0.29) is 5.41 Å². The quantitative estimate of drug-likeness (QED) is 0.593. The summed E-state index contributed by atoms with van der Waals surface area (Å²) in [6.45, 7) is 5.85. The van der Waals surface area contributed by atoms with Crippen molar-refractivity contribution in [1.82, 2.24) is 0 Å². The molecular weight excluding hydrogens is 216 g/mol. The molecule has 0 aliphatic carbocycles. The van der Waals surface area contributed by atoms with Crippen LogP contribution in [-0.4, -0.2) is 11.2 Å². The maximum absolute atomic E-state index is 11.3. The molecule has 0 atom stereocenters. The van der Waals surface area contributed by atoms with Crippen molar-refractivity contribution >= 4 is 17.6 Å². The van der Waals surface area contributed by atoms with Crippen LogP contribution in [0.15, 0.2) is 18.2 Å². The molecule has 0 saturated carbocycles. The average molecular weight is 229 g/mol. The van der Waals surface area contributed by atoms with Crippen LogP contribution in [0.1, 0.15) is 36.7 Å². The number of halogens is 1. The highest BCUT2D eigenvalue weighted by molar-refractivity contribution is 6.30. The van der Waals surface area contributed by atoms with Crippen molar-refractivity contribution in [1.29, 1.82) is 0 Å². The minimum absolute atomic E-state index is 0.242. The molecule has 0 bridgehead atoms. The van der Waals surface area contributed by atoms with Crippen LogP contribution in [0.3, 0.4) is 0 Å². The van der Waals surface area contributed by atoms with Crippen LogP contribution < -0.4 is 0 Å². The molecule has 0 aliphatic rings. The smallest absolute Gasteiger partial charge is 0.295 e. The minimum Gasteiger partial charge on any atom is -0.295 e. The van der Waals surface area contributed by atoms with E-state index >= 15 is 0 Å². The second-order valence-electron chi connectivity index (χ2n) is 4.32. The van der Waals surface area contributed by atoms with E-state index in [1.165, 1.54) is 0 Å². The summed E-state index contributed by atoms with van der Waals surface area (Å²) in [5, 5.41) is 8.92. The van der Waals surface area contributed by atoms with Gasteiger partial charge in [-0.1, -0.05) is 32.4 Å². The highest BCUT2D eigenvalue weighted by Crippen LogP contribution is 2.28. The van der Waals surface area contributed by atoms with Gasteiger partial charge in [-0.05, 0) is 29.2 Å². The molecule has 0 aromatic heterocycles. The molecule has 0 amide bonds. The Morgan fingerprint density at radius 2 is 2.00 bits per heavy atom. The Balaban J connectivity index is 3.33. The van der Waals surface area contributed by atoms with E-state index in [0.29, 0.717) is 10.6 Å². The summed E-state index contributed by atoms with van der Waals surface area (Å²) in [7, 11) is 0. The first kappa shape index (κ1) is 12.0. The maximum atomic E-state index is 11.3. The Labute approximate surface area is 93.6 Å². The van der Waals surface area contributed by atoms with Gasteiger partial charge < -0.3 is 0 Å². The topological polar surface area (TPSA) is 46.5 Å². The predicted molar refractivity (Wildman–Crippen MR) is 58.2 cm³/mol. The largest absolute Gasteiger partial charge is 0.373 e. The number of hydrogen-bond acceptors (Lipinski definition) is 3.